The van der Waals surface area contributed by atoms with Crippen LogP contribution < -0.4 is 16.2 Å². The number of anilines is 2. The number of benzene rings is 8. The van der Waals surface area contributed by atoms with Gasteiger partial charge < -0.3 is 18.7 Å². The van der Waals surface area contributed by atoms with Gasteiger partial charge in [0.1, 0.15) is 22.3 Å². The van der Waals surface area contributed by atoms with Crippen LogP contribution in [0.25, 0.3) is 93.6 Å². The Morgan fingerprint density at radius 2 is 1.17 bits per heavy atom. The second kappa shape index (κ2) is 12.6. The first-order valence-electron chi connectivity index (χ1n) is 22.7. The van der Waals surface area contributed by atoms with Crippen molar-refractivity contribution in [1.29, 1.82) is 0 Å². The smallest absolute Gasteiger partial charge is 0.198 e. The van der Waals surface area contributed by atoms with Gasteiger partial charge >= 0.3 is 0 Å². The van der Waals surface area contributed by atoms with Crippen molar-refractivity contribution in [2.75, 3.05) is 5.32 Å². The SMILES string of the molecule is CC(C)(C)c1ccc(Nc2cc3oc4cc(C(C)(C)C)ccc4c3cc2-c2ccc3c4cc5c(cc4n4c3c2[B]c2cc3oc6ccccc6c3cc2-4)-c2ccccc2C5(C)C)cc1. The summed E-state index contributed by atoms with van der Waals surface area (Å²) in [6.07, 6.45) is 0. The number of aromatic nitrogens is 1. The summed E-state index contributed by atoms with van der Waals surface area (Å²) in [6, 6.07) is 51.8. The predicted octanol–water partition coefficient (Wildman–Crippen LogP) is 14.9. The molecular formula is C59H48BN2O2. The third-order valence-corrected chi connectivity index (χ3v) is 14.5. The molecule has 0 unspecified atom stereocenters. The standard InChI is InChI=1S/C59H48BN2O2/c1-57(2,3)32-17-20-34(21-18-32)61-48-31-54-43(37-22-19-33(58(4,5)6)25-52(37)64-54)26-41(48)38-23-24-39-42-27-46-40(35-13-9-11-15-45(35)59(46,7)8)28-49(42)62-50-29-44-36-14-10-12-16-51(36)63-53(44)30-47(50)60-55(38)56(39)62/h9-31,61H,1-8H3. The van der Waals surface area contributed by atoms with Crippen LogP contribution in [0.2, 0.25) is 0 Å². The first kappa shape index (κ1) is 37.6. The molecule has 0 amide bonds. The van der Waals surface area contributed by atoms with Gasteiger partial charge in [-0.25, -0.2) is 0 Å². The molecule has 13 rings (SSSR count). The maximum Gasteiger partial charge on any atom is 0.198 e. The van der Waals surface area contributed by atoms with Gasteiger partial charge in [-0.1, -0.05) is 140 Å². The Balaban J connectivity index is 1.11. The average Bonchev–Trinajstić information content (AvgIpc) is 3.98. The van der Waals surface area contributed by atoms with Crippen molar-refractivity contribution in [3.8, 4) is 27.9 Å². The Hall–Kier alpha value is -6.98. The molecule has 0 saturated carbocycles. The van der Waals surface area contributed by atoms with Crippen LogP contribution in [0.1, 0.15) is 77.6 Å². The van der Waals surface area contributed by atoms with Crippen molar-refractivity contribution in [3.05, 3.63) is 162 Å². The lowest BCUT2D eigenvalue weighted by Crippen LogP contribution is -2.37. The molecule has 1 aliphatic carbocycles. The summed E-state index contributed by atoms with van der Waals surface area (Å²) >= 11 is 0. The van der Waals surface area contributed by atoms with Gasteiger partial charge in [0.15, 0.2) is 7.28 Å². The molecule has 2 aliphatic rings. The first-order valence-corrected chi connectivity index (χ1v) is 22.7. The van der Waals surface area contributed by atoms with Crippen LogP contribution in [-0.4, -0.2) is 11.8 Å². The van der Waals surface area contributed by atoms with Gasteiger partial charge in [-0.3, -0.25) is 0 Å². The summed E-state index contributed by atoms with van der Waals surface area (Å²) in [4.78, 5) is 0. The zero-order chi connectivity index (χ0) is 43.6. The van der Waals surface area contributed by atoms with Crippen LogP contribution in [0.15, 0.2) is 148 Å². The van der Waals surface area contributed by atoms with Crippen LogP contribution >= 0.6 is 0 Å². The average molecular weight is 828 g/mol. The number of rotatable bonds is 3. The third kappa shape index (κ3) is 5.24. The lowest BCUT2D eigenvalue weighted by molar-refractivity contribution is 0.587. The quantitative estimate of drug-likeness (QED) is 0.180. The highest BCUT2D eigenvalue weighted by molar-refractivity contribution is 6.73. The molecular weight excluding hydrogens is 779 g/mol. The van der Waals surface area contributed by atoms with Crippen molar-refractivity contribution in [3.63, 3.8) is 0 Å². The van der Waals surface area contributed by atoms with E-state index in [-0.39, 0.29) is 16.2 Å². The Kier molecular flexibility index (Phi) is 7.40. The fourth-order valence-electron chi connectivity index (χ4n) is 11.0. The monoisotopic (exact) mass is 827 g/mol. The number of hydrogen-bond acceptors (Lipinski definition) is 3. The third-order valence-electron chi connectivity index (χ3n) is 14.5. The summed E-state index contributed by atoms with van der Waals surface area (Å²) < 4.78 is 15.9. The van der Waals surface area contributed by atoms with Crippen molar-refractivity contribution in [2.24, 2.45) is 0 Å². The van der Waals surface area contributed by atoms with E-state index >= 15 is 0 Å². The summed E-state index contributed by atoms with van der Waals surface area (Å²) in [5.41, 5.74) is 21.7. The maximum absolute atomic E-state index is 6.75. The largest absolute Gasteiger partial charge is 0.456 e. The topological polar surface area (TPSA) is 43.2 Å². The lowest BCUT2D eigenvalue weighted by atomic mass is 9.59. The predicted molar refractivity (Wildman–Crippen MR) is 270 cm³/mol. The van der Waals surface area contributed by atoms with E-state index in [1.165, 1.54) is 60.6 Å². The molecule has 1 aliphatic heterocycles. The highest BCUT2D eigenvalue weighted by Gasteiger charge is 2.37. The van der Waals surface area contributed by atoms with E-state index in [4.69, 9.17) is 8.83 Å². The highest BCUT2D eigenvalue weighted by Crippen LogP contribution is 2.51. The second-order valence-electron chi connectivity index (χ2n) is 20.9. The molecule has 0 atom stereocenters. The van der Waals surface area contributed by atoms with Crippen LogP contribution in [0, 0.1) is 0 Å². The van der Waals surface area contributed by atoms with Crippen molar-refractivity contribution in [1.82, 2.24) is 4.57 Å². The van der Waals surface area contributed by atoms with E-state index in [1.54, 1.807) is 0 Å². The molecule has 0 bridgehead atoms. The summed E-state index contributed by atoms with van der Waals surface area (Å²) in [5.74, 6) is 0. The minimum Gasteiger partial charge on any atom is -0.456 e. The van der Waals surface area contributed by atoms with Gasteiger partial charge in [0, 0.05) is 66.3 Å². The molecule has 64 heavy (non-hydrogen) atoms. The molecule has 4 heterocycles. The van der Waals surface area contributed by atoms with Crippen LogP contribution in [-0.2, 0) is 16.2 Å². The van der Waals surface area contributed by atoms with E-state index in [2.05, 4.69) is 212 Å². The van der Waals surface area contributed by atoms with Gasteiger partial charge in [-0.2, -0.15) is 0 Å². The van der Waals surface area contributed by atoms with E-state index in [9.17, 15) is 0 Å². The molecule has 0 spiro atoms. The molecule has 0 fully saturated rings. The first-order chi connectivity index (χ1) is 30.7. The molecule has 11 aromatic rings. The normalized spacial score (nSPS) is 14.2. The summed E-state index contributed by atoms with van der Waals surface area (Å²) in [5, 5.41) is 10.9. The van der Waals surface area contributed by atoms with E-state index in [1.807, 2.05) is 0 Å². The number of nitrogens with one attached hydrogen (secondary N) is 1. The molecule has 1 radical (unpaired) electrons. The number of nitrogens with zero attached hydrogens (tertiary/aromatic N) is 1. The van der Waals surface area contributed by atoms with Crippen LogP contribution in [0.5, 0.6) is 0 Å². The van der Waals surface area contributed by atoms with Crippen molar-refractivity contribution >= 4 is 95.3 Å². The molecule has 309 valence electrons. The second-order valence-corrected chi connectivity index (χ2v) is 20.9. The van der Waals surface area contributed by atoms with Gasteiger partial charge in [-0.05, 0) is 110 Å². The van der Waals surface area contributed by atoms with E-state index < -0.39 is 0 Å². The molecule has 1 N–H and O–H groups in total. The Morgan fingerprint density at radius 1 is 0.500 bits per heavy atom. The van der Waals surface area contributed by atoms with Crippen molar-refractivity contribution < 1.29 is 8.83 Å². The summed E-state index contributed by atoms with van der Waals surface area (Å²) in [6.45, 7) is 18.3. The minimum atomic E-state index is -0.120. The Morgan fingerprint density at radius 3 is 1.98 bits per heavy atom. The Labute approximate surface area is 373 Å². The fraction of sp³-hybridized carbons (Fsp3) is 0.186. The lowest BCUT2D eigenvalue weighted by Gasteiger charge is -2.24. The number of furan rings is 2. The zero-order valence-electron chi connectivity index (χ0n) is 37.6. The van der Waals surface area contributed by atoms with Crippen LogP contribution in [0.4, 0.5) is 11.4 Å². The molecule has 8 aromatic carbocycles. The van der Waals surface area contributed by atoms with Gasteiger partial charge in [0.2, 0.25) is 0 Å². The van der Waals surface area contributed by atoms with E-state index in [0.29, 0.717) is 0 Å². The number of para-hydroxylation sites is 1. The van der Waals surface area contributed by atoms with Crippen LogP contribution in [0.3, 0.4) is 0 Å². The van der Waals surface area contributed by atoms with Gasteiger partial charge in [-0.15, -0.1) is 0 Å². The molecule has 5 heteroatoms. The molecule has 0 saturated heterocycles. The fourth-order valence-corrected chi connectivity index (χ4v) is 11.0. The highest BCUT2D eigenvalue weighted by atomic mass is 16.3. The zero-order valence-corrected chi connectivity index (χ0v) is 37.6. The number of hydrogen-bond donors (Lipinski definition) is 1. The Bertz CT molecular complexity index is 3820. The summed E-state index contributed by atoms with van der Waals surface area (Å²) in [7, 11) is 2.40. The van der Waals surface area contributed by atoms with Crippen molar-refractivity contribution in [2.45, 2.75) is 71.6 Å². The maximum atomic E-state index is 6.75. The van der Waals surface area contributed by atoms with E-state index in [0.717, 1.165) is 77.5 Å². The molecule has 3 aromatic heterocycles. The molecule has 4 nitrogen and oxygen atoms in total. The van der Waals surface area contributed by atoms with Gasteiger partial charge in [0.25, 0.3) is 0 Å². The minimum absolute atomic E-state index is 0.000146. The van der Waals surface area contributed by atoms with Gasteiger partial charge in [0.05, 0.1) is 11.2 Å². The number of fused-ring (bicyclic) bond motifs is 14.